The van der Waals surface area contributed by atoms with Gasteiger partial charge in [0.25, 0.3) is 0 Å². The lowest BCUT2D eigenvalue weighted by Crippen LogP contribution is -2.24. The lowest BCUT2D eigenvalue weighted by atomic mass is 10.1. The van der Waals surface area contributed by atoms with Crippen LogP contribution in [0, 0.1) is 25.2 Å². The molecular formula is C22H22F3N7O2. The van der Waals surface area contributed by atoms with Crippen LogP contribution in [0.25, 0.3) is 11.4 Å². The summed E-state index contributed by atoms with van der Waals surface area (Å²) in [6, 6.07) is 6.69. The smallest absolute Gasteiger partial charge is 0.376 e. The monoisotopic (exact) mass is 473 g/mol. The van der Waals surface area contributed by atoms with Gasteiger partial charge in [0, 0.05) is 17.9 Å². The number of tetrazole rings is 1. The first-order valence-electron chi connectivity index (χ1n) is 10.6. The molecule has 2 aromatic heterocycles. The first kappa shape index (κ1) is 23.4. The molecule has 0 saturated carbocycles. The molecule has 34 heavy (non-hydrogen) atoms. The van der Waals surface area contributed by atoms with Crippen LogP contribution in [0.5, 0.6) is 0 Å². The molecule has 1 fully saturated rings. The van der Waals surface area contributed by atoms with Gasteiger partial charge in [0.1, 0.15) is 18.4 Å². The van der Waals surface area contributed by atoms with E-state index in [-0.39, 0.29) is 24.0 Å². The van der Waals surface area contributed by atoms with E-state index in [4.69, 9.17) is 4.74 Å². The van der Waals surface area contributed by atoms with Gasteiger partial charge in [-0.05, 0) is 49.6 Å². The number of benzene rings is 1. The molecule has 1 aromatic carbocycles. The van der Waals surface area contributed by atoms with Crippen LogP contribution in [0.3, 0.4) is 0 Å². The lowest BCUT2D eigenvalue weighted by Gasteiger charge is -2.16. The average molecular weight is 473 g/mol. The average Bonchev–Trinajstić information content (AvgIpc) is 3.52. The Morgan fingerprint density at radius 2 is 2.15 bits per heavy atom. The Morgan fingerprint density at radius 1 is 1.35 bits per heavy atom. The number of nitrogens with one attached hydrogen (secondary N) is 1. The van der Waals surface area contributed by atoms with Gasteiger partial charge >= 0.3 is 6.18 Å². The number of amides is 1. The van der Waals surface area contributed by atoms with Crippen molar-refractivity contribution in [1.82, 2.24) is 24.8 Å². The van der Waals surface area contributed by atoms with Crippen molar-refractivity contribution in [3.8, 4) is 17.5 Å². The number of hydrogen-bond donors (Lipinski definition) is 1. The quantitative estimate of drug-likeness (QED) is 0.587. The number of ether oxygens (including phenoxy) is 1. The number of carbonyl (C=O) groups excluding carboxylic acids is 1. The van der Waals surface area contributed by atoms with Crippen LogP contribution in [-0.2, 0) is 28.8 Å². The van der Waals surface area contributed by atoms with Gasteiger partial charge in [0.2, 0.25) is 11.7 Å². The molecule has 0 aliphatic carbocycles. The summed E-state index contributed by atoms with van der Waals surface area (Å²) in [6.07, 6.45) is -2.64. The summed E-state index contributed by atoms with van der Waals surface area (Å²) in [5.74, 6) is -0.170. The number of alkyl halides is 3. The highest BCUT2D eigenvalue weighted by Gasteiger charge is 2.31. The van der Waals surface area contributed by atoms with Gasteiger partial charge in [0.05, 0.1) is 23.8 Å². The van der Waals surface area contributed by atoms with E-state index in [0.717, 1.165) is 41.0 Å². The Morgan fingerprint density at radius 3 is 2.82 bits per heavy atom. The molecule has 0 radical (unpaired) electrons. The number of carbonyl (C=O) groups is 1. The largest absolute Gasteiger partial charge is 0.416 e. The van der Waals surface area contributed by atoms with Crippen LogP contribution in [0.1, 0.15) is 35.2 Å². The Labute approximate surface area is 193 Å². The van der Waals surface area contributed by atoms with E-state index in [1.165, 1.54) is 12.1 Å². The van der Waals surface area contributed by atoms with E-state index >= 15 is 0 Å². The molecular weight excluding hydrogens is 451 g/mol. The standard InChI is InChI=1S/C22H22F3N7O2/c1-13-14(2)31(11-17-7-4-8-34-17)21(18(13)10-26)27-19(33)12-32-29-20(28-30-32)15-5-3-6-16(9-15)22(23,24)25/h3,5-6,9,17H,4,7-8,11-12H2,1-2H3,(H,27,33)/t17-/m1/s1. The van der Waals surface area contributed by atoms with Crippen LogP contribution >= 0.6 is 0 Å². The van der Waals surface area contributed by atoms with Crippen molar-refractivity contribution in [2.24, 2.45) is 0 Å². The summed E-state index contributed by atoms with van der Waals surface area (Å²) in [4.78, 5) is 13.7. The molecule has 1 aliphatic rings. The topological polar surface area (TPSA) is 111 Å². The summed E-state index contributed by atoms with van der Waals surface area (Å²) < 4.78 is 46.5. The molecule has 12 heteroatoms. The number of rotatable bonds is 6. The van der Waals surface area contributed by atoms with E-state index in [1.54, 1.807) is 0 Å². The minimum Gasteiger partial charge on any atom is -0.376 e. The number of aromatic nitrogens is 5. The summed E-state index contributed by atoms with van der Waals surface area (Å²) in [5, 5.41) is 24.0. The second kappa shape index (κ2) is 9.26. The Hall–Kier alpha value is -3.72. The maximum absolute atomic E-state index is 13.0. The first-order valence-corrected chi connectivity index (χ1v) is 10.6. The third-order valence-corrected chi connectivity index (χ3v) is 5.80. The molecule has 0 bridgehead atoms. The number of nitrogens with zero attached hydrogens (tertiary/aromatic N) is 6. The van der Waals surface area contributed by atoms with Crippen molar-refractivity contribution in [2.45, 2.75) is 52.1 Å². The maximum Gasteiger partial charge on any atom is 0.416 e. The fourth-order valence-corrected chi connectivity index (χ4v) is 3.91. The Kier molecular flexibility index (Phi) is 6.39. The third-order valence-electron chi connectivity index (χ3n) is 5.80. The van der Waals surface area contributed by atoms with Gasteiger partial charge < -0.3 is 14.6 Å². The van der Waals surface area contributed by atoms with Crippen LogP contribution in [0.15, 0.2) is 24.3 Å². The Bertz CT molecular complexity index is 1250. The highest BCUT2D eigenvalue weighted by Crippen LogP contribution is 2.31. The van der Waals surface area contributed by atoms with Crippen molar-refractivity contribution >= 4 is 11.7 Å². The number of anilines is 1. The number of nitriles is 1. The molecule has 1 atom stereocenters. The van der Waals surface area contributed by atoms with Crippen LogP contribution < -0.4 is 5.32 Å². The van der Waals surface area contributed by atoms with Gasteiger partial charge in [-0.1, -0.05) is 12.1 Å². The zero-order valence-electron chi connectivity index (χ0n) is 18.6. The predicted octanol–water partition coefficient (Wildman–Crippen LogP) is 3.47. The zero-order chi connectivity index (χ0) is 24.5. The van der Waals surface area contributed by atoms with Crippen LogP contribution in [0.2, 0.25) is 0 Å². The van der Waals surface area contributed by atoms with E-state index in [0.29, 0.717) is 24.5 Å². The molecule has 1 saturated heterocycles. The lowest BCUT2D eigenvalue weighted by molar-refractivity contribution is -0.137. The van der Waals surface area contributed by atoms with Gasteiger partial charge in [-0.15, -0.1) is 10.2 Å². The second-order valence-electron chi connectivity index (χ2n) is 8.06. The fraction of sp³-hybridized carbons (Fsp3) is 0.409. The summed E-state index contributed by atoms with van der Waals surface area (Å²) in [6.45, 7) is 4.55. The Balaban J connectivity index is 1.51. The molecule has 3 heterocycles. The molecule has 1 amide bonds. The van der Waals surface area contributed by atoms with E-state index < -0.39 is 17.6 Å². The number of halogens is 3. The normalized spacial score (nSPS) is 15.9. The number of hydrogen-bond acceptors (Lipinski definition) is 6. The van der Waals surface area contributed by atoms with Crippen molar-refractivity contribution in [1.29, 1.82) is 5.26 Å². The minimum absolute atomic E-state index is 0.000281. The van der Waals surface area contributed by atoms with Gasteiger partial charge in [-0.25, -0.2) is 0 Å². The molecule has 9 nitrogen and oxygen atoms in total. The molecule has 1 N–H and O–H groups in total. The van der Waals surface area contributed by atoms with E-state index in [1.807, 2.05) is 18.4 Å². The predicted molar refractivity (Wildman–Crippen MR) is 114 cm³/mol. The molecule has 0 spiro atoms. The molecule has 3 aromatic rings. The molecule has 178 valence electrons. The highest BCUT2D eigenvalue weighted by atomic mass is 19.4. The zero-order valence-corrected chi connectivity index (χ0v) is 18.6. The molecule has 4 rings (SSSR count). The van der Waals surface area contributed by atoms with E-state index in [2.05, 4.69) is 26.8 Å². The van der Waals surface area contributed by atoms with E-state index in [9.17, 15) is 23.2 Å². The van der Waals surface area contributed by atoms with Crippen LogP contribution in [-0.4, -0.2) is 43.4 Å². The van der Waals surface area contributed by atoms with Crippen molar-refractivity contribution in [3.05, 3.63) is 46.6 Å². The minimum atomic E-state index is -4.50. The van der Waals surface area contributed by atoms with Crippen molar-refractivity contribution in [2.75, 3.05) is 11.9 Å². The van der Waals surface area contributed by atoms with Crippen LogP contribution in [0.4, 0.5) is 19.0 Å². The summed E-state index contributed by atoms with van der Waals surface area (Å²) in [5.41, 5.74) is 1.28. The van der Waals surface area contributed by atoms with Crippen molar-refractivity contribution in [3.63, 3.8) is 0 Å². The molecule has 1 aliphatic heterocycles. The van der Waals surface area contributed by atoms with Gasteiger partial charge in [-0.3, -0.25) is 4.79 Å². The van der Waals surface area contributed by atoms with Gasteiger partial charge in [0.15, 0.2) is 0 Å². The second-order valence-corrected chi connectivity index (χ2v) is 8.06. The van der Waals surface area contributed by atoms with Gasteiger partial charge in [-0.2, -0.15) is 23.2 Å². The highest BCUT2D eigenvalue weighted by molar-refractivity contribution is 5.91. The van der Waals surface area contributed by atoms with Crippen molar-refractivity contribution < 1.29 is 22.7 Å². The summed E-state index contributed by atoms with van der Waals surface area (Å²) in [7, 11) is 0. The SMILES string of the molecule is Cc1c(C#N)c(NC(=O)Cn2nnc(-c3cccc(C(F)(F)F)c3)n2)n(C[C@H]2CCCO2)c1C. The molecule has 0 unspecified atom stereocenters. The maximum atomic E-state index is 13.0. The fourth-order valence-electron chi connectivity index (χ4n) is 3.91. The first-order chi connectivity index (χ1) is 16.2. The summed E-state index contributed by atoms with van der Waals surface area (Å²) >= 11 is 0. The third kappa shape index (κ3) is 4.79.